The maximum atomic E-state index is 11.4. The topological polar surface area (TPSA) is 48.0 Å². The molecule has 0 aliphatic heterocycles. The van der Waals surface area contributed by atoms with Gasteiger partial charge in [-0.25, -0.2) is 0 Å². The van der Waals surface area contributed by atoms with Gasteiger partial charge in [0, 0.05) is 25.7 Å². The van der Waals surface area contributed by atoms with E-state index in [1.54, 1.807) is 31.1 Å². The normalized spacial score (nSPS) is 9.58. The molecule has 12 heavy (non-hydrogen) atoms. The van der Waals surface area contributed by atoms with E-state index < -0.39 is 0 Å². The third-order valence-corrected chi connectivity index (χ3v) is 1.58. The SMILES string of the molecule is CN(C)C(=O)c1cccc([NH3+])c1. The molecule has 1 rings (SSSR count). The lowest BCUT2D eigenvalue weighted by molar-refractivity contribution is -0.254. The number of benzene rings is 1. The smallest absolute Gasteiger partial charge is 0.253 e. The first kappa shape index (κ1) is 8.74. The molecule has 0 spiro atoms. The van der Waals surface area contributed by atoms with E-state index in [1.807, 2.05) is 12.1 Å². The van der Waals surface area contributed by atoms with E-state index in [0.29, 0.717) is 5.56 Å². The van der Waals surface area contributed by atoms with Gasteiger partial charge in [0.1, 0.15) is 5.69 Å². The average molecular weight is 165 g/mol. The van der Waals surface area contributed by atoms with Crippen molar-refractivity contribution in [1.82, 2.24) is 4.90 Å². The zero-order chi connectivity index (χ0) is 9.14. The maximum Gasteiger partial charge on any atom is 0.253 e. The number of amides is 1. The first-order valence-corrected chi connectivity index (χ1v) is 3.75. The van der Waals surface area contributed by atoms with Crippen LogP contribution in [0.25, 0.3) is 0 Å². The number of nitrogens with zero attached hydrogens (tertiary/aromatic N) is 1. The Hall–Kier alpha value is -1.35. The van der Waals surface area contributed by atoms with Crippen molar-refractivity contribution >= 4 is 11.6 Å². The number of carbonyl (C=O) groups excluding carboxylic acids is 1. The predicted octanol–water partition coefficient (Wildman–Crippen LogP) is 0.262. The Morgan fingerprint density at radius 2 is 2.08 bits per heavy atom. The number of quaternary nitrogens is 1. The molecule has 0 saturated carbocycles. The average Bonchev–Trinajstić information content (AvgIpc) is 2.03. The van der Waals surface area contributed by atoms with Gasteiger partial charge in [-0.05, 0) is 12.1 Å². The van der Waals surface area contributed by atoms with Crippen LogP contribution < -0.4 is 5.73 Å². The van der Waals surface area contributed by atoms with Crippen LogP contribution in [0.4, 0.5) is 5.69 Å². The van der Waals surface area contributed by atoms with E-state index >= 15 is 0 Å². The second-order valence-electron chi connectivity index (χ2n) is 2.90. The molecule has 0 aromatic heterocycles. The molecule has 0 bridgehead atoms. The number of hydrogen-bond donors (Lipinski definition) is 1. The Balaban J connectivity index is 2.96. The summed E-state index contributed by atoms with van der Waals surface area (Å²) in [5, 5.41) is 0. The minimum Gasteiger partial charge on any atom is -0.345 e. The fraction of sp³-hybridized carbons (Fsp3) is 0.222. The molecule has 64 valence electrons. The van der Waals surface area contributed by atoms with E-state index in [9.17, 15) is 4.79 Å². The van der Waals surface area contributed by atoms with E-state index in [2.05, 4.69) is 5.73 Å². The van der Waals surface area contributed by atoms with Crippen molar-refractivity contribution in [2.24, 2.45) is 0 Å². The summed E-state index contributed by atoms with van der Waals surface area (Å²) in [5.41, 5.74) is 5.30. The summed E-state index contributed by atoms with van der Waals surface area (Å²) in [6.45, 7) is 0. The largest absolute Gasteiger partial charge is 0.345 e. The minimum absolute atomic E-state index is 0.0144. The molecule has 0 fully saturated rings. The molecular formula is C9H13N2O+. The van der Waals surface area contributed by atoms with E-state index in [1.165, 1.54) is 0 Å². The Morgan fingerprint density at radius 3 is 2.58 bits per heavy atom. The molecule has 0 aliphatic rings. The van der Waals surface area contributed by atoms with Crippen LogP contribution in [0, 0.1) is 0 Å². The molecule has 3 heteroatoms. The van der Waals surface area contributed by atoms with Crippen LogP contribution in [0.5, 0.6) is 0 Å². The molecule has 1 aromatic carbocycles. The minimum atomic E-state index is 0.0144. The monoisotopic (exact) mass is 165 g/mol. The third kappa shape index (κ3) is 1.83. The Bertz CT molecular complexity index is 294. The molecule has 3 N–H and O–H groups in total. The first-order chi connectivity index (χ1) is 5.61. The summed E-state index contributed by atoms with van der Waals surface area (Å²) in [6, 6.07) is 7.27. The Kier molecular flexibility index (Phi) is 2.45. The lowest BCUT2D eigenvalue weighted by Crippen LogP contribution is -2.40. The molecule has 0 heterocycles. The molecule has 0 aliphatic carbocycles. The summed E-state index contributed by atoms with van der Waals surface area (Å²) in [5.74, 6) is 0.0144. The van der Waals surface area contributed by atoms with Crippen molar-refractivity contribution in [3.8, 4) is 0 Å². The van der Waals surface area contributed by atoms with Crippen molar-refractivity contribution in [2.75, 3.05) is 14.1 Å². The highest BCUT2D eigenvalue weighted by atomic mass is 16.2. The summed E-state index contributed by atoms with van der Waals surface area (Å²) >= 11 is 0. The van der Waals surface area contributed by atoms with Gasteiger partial charge in [0.2, 0.25) is 0 Å². The van der Waals surface area contributed by atoms with Crippen LogP contribution in [-0.4, -0.2) is 24.9 Å². The predicted molar refractivity (Wildman–Crippen MR) is 47.0 cm³/mol. The van der Waals surface area contributed by atoms with Gasteiger partial charge >= 0.3 is 0 Å². The zero-order valence-corrected chi connectivity index (χ0v) is 7.37. The lowest BCUT2D eigenvalue weighted by atomic mass is 10.2. The molecule has 1 aromatic rings. The lowest BCUT2D eigenvalue weighted by Gasteiger charge is -2.09. The van der Waals surface area contributed by atoms with Gasteiger partial charge in [-0.2, -0.15) is 0 Å². The van der Waals surface area contributed by atoms with Crippen molar-refractivity contribution in [3.63, 3.8) is 0 Å². The Labute approximate surface area is 71.8 Å². The van der Waals surface area contributed by atoms with E-state index in [4.69, 9.17) is 0 Å². The molecule has 0 radical (unpaired) electrons. The van der Waals surface area contributed by atoms with Gasteiger partial charge in [-0.1, -0.05) is 6.07 Å². The standard InChI is InChI=1S/C9H12N2O/c1-11(2)9(12)7-4-3-5-8(10)6-7/h3-6H,10H2,1-2H3/p+1. The quantitative estimate of drug-likeness (QED) is 0.637. The second kappa shape index (κ2) is 3.36. The van der Waals surface area contributed by atoms with Gasteiger partial charge in [0.15, 0.2) is 0 Å². The fourth-order valence-corrected chi connectivity index (χ4v) is 0.963. The van der Waals surface area contributed by atoms with Gasteiger partial charge < -0.3 is 10.6 Å². The summed E-state index contributed by atoms with van der Waals surface area (Å²) in [6.07, 6.45) is 0. The van der Waals surface area contributed by atoms with Gasteiger partial charge in [-0.15, -0.1) is 0 Å². The number of rotatable bonds is 1. The van der Waals surface area contributed by atoms with Crippen LogP contribution in [0.15, 0.2) is 24.3 Å². The first-order valence-electron chi connectivity index (χ1n) is 3.75. The van der Waals surface area contributed by atoms with Crippen LogP contribution >= 0.6 is 0 Å². The molecule has 0 atom stereocenters. The zero-order valence-electron chi connectivity index (χ0n) is 7.37. The molecule has 0 saturated heterocycles. The molecule has 3 nitrogen and oxygen atoms in total. The fourth-order valence-electron chi connectivity index (χ4n) is 0.963. The van der Waals surface area contributed by atoms with Crippen molar-refractivity contribution < 1.29 is 10.5 Å². The summed E-state index contributed by atoms with van der Waals surface area (Å²) in [7, 11) is 3.47. The second-order valence-corrected chi connectivity index (χ2v) is 2.90. The van der Waals surface area contributed by atoms with Gasteiger partial charge in [-0.3, -0.25) is 4.79 Å². The highest BCUT2D eigenvalue weighted by molar-refractivity contribution is 5.94. The van der Waals surface area contributed by atoms with Gasteiger partial charge in [0.25, 0.3) is 5.91 Å². The maximum absolute atomic E-state index is 11.4. The van der Waals surface area contributed by atoms with E-state index in [0.717, 1.165) is 5.69 Å². The highest BCUT2D eigenvalue weighted by Crippen LogP contribution is 2.06. The van der Waals surface area contributed by atoms with Crippen LogP contribution in [0.2, 0.25) is 0 Å². The van der Waals surface area contributed by atoms with Crippen LogP contribution in [0.3, 0.4) is 0 Å². The van der Waals surface area contributed by atoms with Crippen molar-refractivity contribution in [3.05, 3.63) is 29.8 Å². The highest BCUT2D eigenvalue weighted by Gasteiger charge is 2.07. The van der Waals surface area contributed by atoms with Crippen LogP contribution in [-0.2, 0) is 0 Å². The number of hydrogen-bond acceptors (Lipinski definition) is 1. The molecule has 0 unspecified atom stereocenters. The van der Waals surface area contributed by atoms with Crippen molar-refractivity contribution in [2.45, 2.75) is 0 Å². The molecule has 1 amide bonds. The number of carbonyl (C=O) groups is 1. The summed E-state index contributed by atoms with van der Waals surface area (Å²) < 4.78 is 0. The molecular weight excluding hydrogens is 152 g/mol. The third-order valence-electron chi connectivity index (χ3n) is 1.58. The van der Waals surface area contributed by atoms with Crippen molar-refractivity contribution in [1.29, 1.82) is 0 Å². The van der Waals surface area contributed by atoms with Gasteiger partial charge in [0.05, 0.1) is 0 Å². The van der Waals surface area contributed by atoms with Crippen LogP contribution in [0.1, 0.15) is 10.4 Å². The Morgan fingerprint density at radius 1 is 1.42 bits per heavy atom. The van der Waals surface area contributed by atoms with E-state index in [-0.39, 0.29) is 5.91 Å². The summed E-state index contributed by atoms with van der Waals surface area (Å²) in [4.78, 5) is 12.9.